The van der Waals surface area contributed by atoms with Gasteiger partial charge in [-0.25, -0.2) is 4.79 Å². The summed E-state index contributed by atoms with van der Waals surface area (Å²) in [5.41, 5.74) is 1.20. The molecule has 1 aromatic carbocycles. The van der Waals surface area contributed by atoms with Crippen LogP contribution in [0.5, 0.6) is 0 Å². The lowest BCUT2D eigenvalue weighted by Gasteiger charge is -2.12. The van der Waals surface area contributed by atoms with Crippen LogP contribution < -0.4 is 5.32 Å². The summed E-state index contributed by atoms with van der Waals surface area (Å²) in [4.78, 5) is 21.7. The van der Waals surface area contributed by atoms with Gasteiger partial charge in [-0.05, 0) is 5.56 Å². The van der Waals surface area contributed by atoms with Crippen LogP contribution in [-0.2, 0) is 15.3 Å². The van der Waals surface area contributed by atoms with Gasteiger partial charge in [-0.3, -0.25) is 4.79 Å². The zero-order valence-corrected chi connectivity index (χ0v) is 11.6. The van der Waals surface area contributed by atoms with E-state index in [1.165, 1.54) is 23.3 Å². The first kappa shape index (κ1) is 14.9. The molecule has 0 radical (unpaired) electrons. The van der Waals surface area contributed by atoms with Crippen LogP contribution in [0.1, 0.15) is 12.5 Å². The van der Waals surface area contributed by atoms with Crippen molar-refractivity contribution in [2.75, 3.05) is 5.75 Å². The molecule has 0 heterocycles. The number of carboxylic acids is 1. The van der Waals surface area contributed by atoms with Gasteiger partial charge in [0.25, 0.3) is 0 Å². The fraction of sp³-hybridized carbons (Fsp3) is 0.333. The first-order valence-corrected chi connectivity index (χ1v) is 7.86. The molecule has 1 amide bonds. The summed E-state index contributed by atoms with van der Waals surface area (Å²) in [7, 11) is 3.03. The van der Waals surface area contributed by atoms with Crippen molar-refractivity contribution in [3.05, 3.63) is 35.9 Å². The Bertz CT molecular complexity index is 398. The Kier molecular flexibility index (Phi) is 6.67. The molecule has 98 valence electrons. The van der Waals surface area contributed by atoms with Crippen molar-refractivity contribution in [3.8, 4) is 0 Å². The highest BCUT2D eigenvalue weighted by molar-refractivity contribution is 8.76. The molecule has 1 aromatic rings. The SMILES string of the molecule is CC(=O)N[C@H](CSSCc1ccccc1)C(=O)O. The van der Waals surface area contributed by atoms with E-state index in [1.807, 2.05) is 30.3 Å². The standard InChI is InChI=1S/C12H15NO3S2/c1-9(14)13-11(12(15)16)8-18-17-7-10-5-3-2-4-6-10/h2-6,11H,7-8H2,1H3,(H,13,14)(H,15,16)/t11-/m1/s1. The molecule has 1 rings (SSSR count). The summed E-state index contributed by atoms with van der Waals surface area (Å²) in [6, 6.07) is 9.12. The van der Waals surface area contributed by atoms with Crippen LogP contribution in [0.4, 0.5) is 0 Å². The van der Waals surface area contributed by atoms with Crippen molar-refractivity contribution in [1.29, 1.82) is 0 Å². The molecule has 0 aliphatic rings. The van der Waals surface area contributed by atoms with Crippen LogP contribution in [0.3, 0.4) is 0 Å². The molecule has 0 saturated heterocycles. The third kappa shape index (κ3) is 5.97. The van der Waals surface area contributed by atoms with Crippen LogP contribution in [0.25, 0.3) is 0 Å². The van der Waals surface area contributed by atoms with Gasteiger partial charge in [-0.1, -0.05) is 51.9 Å². The molecule has 0 unspecified atom stereocenters. The Labute approximate surface area is 114 Å². The van der Waals surface area contributed by atoms with Crippen molar-refractivity contribution < 1.29 is 14.7 Å². The Morgan fingerprint density at radius 1 is 1.28 bits per heavy atom. The lowest BCUT2D eigenvalue weighted by atomic mass is 10.2. The van der Waals surface area contributed by atoms with Crippen LogP contribution in [0.15, 0.2) is 30.3 Å². The molecule has 0 saturated carbocycles. The number of hydrogen-bond acceptors (Lipinski definition) is 4. The highest BCUT2D eigenvalue weighted by Crippen LogP contribution is 2.26. The molecule has 4 nitrogen and oxygen atoms in total. The molecular weight excluding hydrogens is 270 g/mol. The summed E-state index contributed by atoms with van der Waals surface area (Å²) in [5, 5.41) is 11.3. The second-order valence-corrected chi connectivity index (χ2v) is 6.13. The van der Waals surface area contributed by atoms with Crippen molar-refractivity contribution in [2.45, 2.75) is 18.7 Å². The second kappa shape index (κ2) is 8.05. The van der Waals surface area contributed by atoms with Gasteiger partial charge in [-0.2, -0.15) is 0 Å². The minimum Gasteiger partial charge on any atom is -0.480 e. The first-order chi connectivity index (χ1) is 8.59. The largest absolute Gasteiger partial charge is 0.480 e. The van der Waals surface area contributed by atoms with E-state index in [9.17, 15) is 9.59 Å². The van der Waals surface area contributed by atoms with E-state index in [1.54, 1.807) is 10.8 Å². The van der Waals surface area contributed by atoms with Gasteiger partial charge < -0.3 is 10.4 Å². The Morgan fingerprint density at radius 3 is 2.50 bits per heavy atom. The zero-order valence-electron chi connectivity index (χ0n) is 9.96. The van der Waals surface area contributed by atoms with Crippen molar-refractivity contribution >= 4 is 33.5 Å². The smallest absolute Gasteiger partial charge is 0.327 e. The van der Waals surface area contributed by atoms with Crippen molar-refractivity contribution in [3.63, 3.8) is 0 Å². The van der Waals surface area contributed by atoms with E-state index >= 15 is 0 Å². The topological polar surface area (TPSA) is 66.4 Å². The van der Waals surface area contributed by atoms with Crippen LogP contribution in [0, 0.1) is 0 Å². The number of nitrogens with one attached hydrogen (secondary N) is 1. The molecule has 0 spiro atoms. The Balaban J connectivity index is 2.27. The molecule has 1 atom stereocenters. The van der Waals surface area contributed by atoms with Gasteiger partial charge in [0.05, 0.1) is 0 Å². The molecule has 0 fully saturated rings. The second-order valence-electron chi connectivity index (χ2n) is 3.62. The Hall–Kier alpha value is -1.14. The molecular formula is C12H15NO3S2. The zero-order chi connectivity index (χ0) is 13.4. The monoisotopic (exact) mass is 285 g/mol. The highest BCUT2D eigenvalue weighted by Gasteiger charge is 2.18. The highest BCUT2D eigenvalue weighted by atomic mass is 33.1. The first-order valence-electron chi connectivity index (χ1n) is 5.38. The maximum Gasteiger partial charge on any atom is 0.327 e. The molecule has 18 heavy (non-hydrogen) atoms. The van der Waals surface area contributed by atoms with E-state index in [4.69, 9.17) is 5.11 Å². The maximum absolute atomic E-state index is 10.9. The van der Waals surface area contributed by atoms with Crippen LogP contribution >= 0.6 is 21.6 Å². The molecule has 2 N–H and O–H groups in total. The minimum absolute atomic E-state index is 0.323. The summed E-state index contributed by atoms with van der Waals surface area (Å²) in [6.07, 6.45) is 0. The van der Waals surface area contributed by atoms with Crippen LogP contribution in [0.2, 0.25) is 0 Å². The number of aliphatic carboxylic acids is 1. The van der Waals surface area contributed by atoms with E-state index in [-0.39, 0.29) is 5.91 Å². The average molecular weight is 285 g/mol. The summed E-state index contributed by atoms with van der Waals surface area (Å²) in [5.74, 6) is -0.154. The maximum atomic E-state index is 10.9. The van der Waals surface area contributed by atoms with E-state index < -0.39 is 12.0 Å². The number of rotatable bonds is 7. The molecule has 0 aliphatic carbocycles. The number of benzene rings is 1. The van der Waals surface area contributed by atoms with Gasteiger partial charge in [-0.15, -0.1) is 0 Å². The lowest BCUT2D eigenvalue weighted by molar-refractivity contribution is -0.140. The number of hydrogen-bond donors (Lipinski definition) is 2. The third-order valence-corrected chi connectivity index (χ3v) is 4.41. The fourth-order valence-electron chi connectivity index (χ4n) is 1.22. The fourth-order valence-corrected chi connectivity index (χ4v) is 3.45. The van der Waals surface area contributed by atoms with Gasteiger partial charge in [0.15, 0.2) is 0 Å². The lowest BCUT2D eigenvalue weighted by Crippen LogP contribution is -2.41. The normalized spacial score (nSPS) is 11.8. The number of carboxylic acid groups (broad SMARTS) is 1. The van der Waals surface area contributed by atoms with Crippen molar-refractivity contribution in [2.24, 2.45) is 0 Å². The number of carbonyl (C=O) groups excluding carboxylic acids is 1. The minimum atomic E-state index is -1.00. The van der Waals surface area contributed by atoms with Gasteiger partial charge in [0, 0.05) is 18.4 Å². The van der Waals surface area contributed by atoms with Crippen molar-refractivity contribution in [1.82, 2.24) is 5.32 Å². The summed E-state index contributed by atoms with van der Waals surface area (Å²) >= 11 is 0. The third-order valence-electron chi connectivity index (χ3n) is 2.06. The van der Waals surface area contributed by atoms with E-state index in [0.717, 1.165) is 5.75 Å². The Morgan fingerprint density at radius 2 is 1.94 bits per heavy atom. The average Bonchev–Trinajstić information content (AvgIpc) is 2.33. The number of amides is 1. The molecule has 0 aromatic heterocycles. The quantitative estimate of drug-likeness (QED) is 0.593. The predicted molar refractivity (Wildman–Crippen MR) is 75.4 cm³/mol. The summed E-state index contributed by atoms with van der Waals surface area (Å²) in [6.45, 7) is 1.32. The van der Waals surface area contributed by atoms with Gasteiger partial charge >= 0.3 is 5.97 Å². The van der Waals surface area contributed by atoms with Gasteiger partial charge in [0.2, 0.25) is 5.91 Å². The molecule has 0 aliphatic heterocycles. The molecule has 6 heteroatoms. The van der Waals surface area contributed by atoms with Crippen LogP contribution in [-0.4, -0.2) is 28.8 Å². The summed E-state index contributed by atoms with van der Waals surface area (Å²) < 4.78 is 0. The van der Waals surface area contributed by atoms with Gasteiger partial charge in [0.1, 0.15) is 6.04 Å². The number of carbonyl (C=O) groups is 2. The predicted octanol–water partition coefficient (Wildman–Crippen LogP) is 2.16. The van der Waals surface area contributed by atoms with E-state index in [2.05, 4.69) is 5.32 Å². The molecule has 0 bridgehead atoms. The van der Waals surface area contributed by atoms with E-state index in [0.29, 0.717) is 5.75 Å².